The number of amides is 3. The van der Waals surface area contributed by atoms with Crippen LogP contribution in [0.1, 0.15) is 17.5 Å². The third-order valence-corrected chi connectivity index (χ3v) is 4.35. The smallest absolute Gasteiger partial charge is 0.315 e. The van der Waals surface area contributed by atoms with Crippen LogP contribution in [0.5, 0.6) is 0 Å². The zero-order valence-electron chi connectivity index (χ0n) is 14.3. The van der Waals surface area contributed by atoms with Gasteiger partial charge < -0.3 is 21.3 Å². The van der Waals surface area contributed by atoms with Gasteiger partial charge in [-0.2, -0.15) is 0 Å². The van der Waals surface area contributed by atoms with E-state index in [1.807, 2.05) is 18.2 Å². The lowest BCUT2D eigenvalue weighted by Crippen LogP contribution is -2.45. The molecule has 3 rings (SSSR count). The van der Waals surface area contributed by atoms with Crippen molar-refractivity contribution < 1.29 is 14.0 Å². The van der Waals surface area contributed by atoms with Crippen LogP contribution in [0, 0.1) is 5.82 Å². The lowest BCUT2D eigenvalue weighted by atomic mass is 10.00. The molecule has 0 aliphatic carbocycles. The molecule has 0 saturated carbocycles. The molecule has 1 heterocycles. The van der Waals surface area contributed by atoms with E-state index in [-0.39, 0.29) is 24.8 Å². The molecule has 0 spiro atoms. The molecule has 26 heavy (non-hydrogen) atoms. The van der Waals surface area contributed by atoms with Crippen LogP contribution in [0.25, 0.3) is 0 Å². The Balaban J connectivity index is 1.52. The maximum Gasteiger partial charge on any atom is 0.315 e. The summed E-state index contributed by atoms with van der Waals surface area (Å²) in [6.45, 7) is 0.751. The molecule has 7 heteroatoms. The van der Waals surface area contributed by atoms with Crippen LogP contribution >= 0.6 is 0 Å². The maximum absolute atomic E-state index is 12.9. The number of nitrogens with one attached hydrogen (secondary N) is 2. The molecule has 4 N–H and O–H groups in total. The molecule has 1 aliphatic heterocycles. The van der Waals surface area contributed by atoms with E-state index in [1.165, 1.54) is 12.1 Å². The second-order valence-corrected chi connectivity index (χ2v) is 6.16. The molecule has 0 unspecified atom stereocenters. The molecular formula is C19H21FN4O2. The second kappa shape index (κ2) is 7.86. The van der Waals surface area contributed by atoms with E-state index in [2.05, 4.69) is 10.6 Å². The SMILES string of the molecule is Nc1cccc2c1CCCN2C(=O)CNC(=O)NCc1ccc(F)cc1. The first kappa shape index (κ1) is 17.7. The van der Waals surface area contributed by atoms with Crippen LogP contribution in [0.3, 0.4) is 0 Å². The van der Waals surface area contributed by atoms with Crippen LogP contribution in [0.15, 0.2) is 42.5 Å². The van der Waals surface area contributed by atoms with Crippen molar-refractivity contribution in [3.05, 3.63) is 59.4 Å². The number of rotatable bonds is 4. The Morgan fingerprint density at radius 2 is 1.88 bits per heavy atom. The monoisotopic (exact) mass is 356 g/mol. The Labute approximate surface area is 151 Å². The summed E-state index contributed by atoms with van der Waals surface area (Å²) >= 11 is 0. The van der Waals surface area contributed by atoms with Gasteiger partial charge >= 0.3 is 6.03 Å². The van der Waals surface area contributed by atoms with E-state index in [9.17, 15) is 14.0 Å². The number of nitrogens with zero attached hydrogens (tertiary/aromatic N) is 1. The lowest BCUT2D eigenvalue weighted by Gasteiger charge is -2.30. The van der Waals surface area contributed by atoms with Gasteiger partial charge in [0.15, 0.2) is 0 Å². The predicted molar refractivity (Wildman–Crippen MR) is 98.2 cm³/mol. The minimum Gasteiger partial charge on any atom is -0.398 e. The average Bonchev–Trinajstić information content (AvgIpc) is 2.65. The molecular weight excluding hydrogens is 335 g/mol. The first-order valence-corrected chi connectivity index (χ1v) is 8.48. The standard InChI is InChI=1S/C19H21FN4O2/c20-14-8-6-13(7-9-14)11-22-19(26)23-12-18(25)24-10-2-3-15-16(21)4-1-5-17(15)24/h1,4-9H,2-3,10-12,21H2,(H2,22,23,26). The number of nitrogens with two attached hydrogens (primary N) is 1. The van der Waals surface area contributed by atoms with Crippen molar-refractivity contribution >= 4 is 23.3 Å². The first-order valence-electron chi connectivity index (χ1n) is 8.48. The van der Waals surface area contributed by atoms with Crippen LogP contribution < -0.4 is 21.3 Å². The maximum atomic E-state index is 12.9. The number of benzene rings is 2. The Bertz CT molecular complexity index is 808. The molecule has 0 atom stereocenters. The highest BCUT2D eigenvalue weighted by Crippen LogP contribution is 2.31. The number of hydrogen-bond donors (Lipinski definition) is 3. The molecule has 0 aromatic heterocycles. The Kier molecular flexibility index (Phi) is 5.36. The largest absolute Gasteiger partial charge is 0.398 e. The molecule has 0 fully saturated rings. The average molecular weight is 356 g/mol. The van der Waals surface area contributed by atoms with Gasteiger partial charge in [-0.25, -0.2) is 9.18 Å². The van der Waals surface area contributed by atoms with E-state index >= 15 is 0 Å². The zero-order valence-corrected chi connectivity index (χ0v) is 14.3. The minimum atomic E-state index is -0.451. The van der Waals surface area contributed by atoms with E-state index in [1.54, 1.807) is 17.0 Å². The number of anilines is 2. The first-order chi connectivity index (χ1) is 12.5. The van der Waals surface area contributed by atoms with E-state index in [0.29, 0.717) is 12.2 Å². The van der Waals surface area contributed by atoms with Crippen LogP contribution in [-0.2, 0) is 17.8 Å². The quantitative estimate of drug-likeness (QED) is 0.734. The molecule has 136 valence electrons. The van der Waals surface area contributed by atoms with Crippen molar-refractivity contribution in [3.8, 4) is 0 Å². The van der Waals surface area contributed by atoms with Gasteiger partial charge in [0.05, 0.1) is 6.54 Å². The summed E-state index contributed by atoms with van der Waals surface area (Å²) < 4.78 is 12.9. The Hall–Kier alpha value is -3.09. The van der Waals surface area contributed by atoms with E-state index in [4.69, 9.17) is 5.73 Å². The fourth-order valence-electron chi connectivity index (χ4n) is 3.01. The summed E-state index contributed by atoms with van der Waals surface area (Å²) in [6.07, 6.45) is 1.68. The highest BCUT2D eigenvalue weighted by Gasteiger charge is 2.23. The molecule has 2 aromatic carbocycles. The zero-order chi connectivity index (χ0) is 18.5. The summed E-state index contributed by atoms with van der Waals surface area (Å²) in [5.41, 5.74) is 9.24. The van der Waals surface area contributed by atoms with Crippen LogP contribution in [0.2, 0.25) is 0 Å². The third-order valence-electron chi connectivity index (χ3n) is 4.35. The van der Waals surface area contributed by atoms with Gasteiger partial charge in [-0.1, -0.05) is 18.2 Å². The second-order valence-electron chi connectivity index (χ2n) is 6.16. The normalized spacial score (nSPS) is 13.0. The predicted octanol–water partition coefficient (Wildman–Crippen LogP) is 2.19. The van der Waals surface area contributed by atoms with Gasteiger partial charge in [0.25, 0.3) is 0 Å². The molecule has 6 nitrogen and oxygen atoms in total. The topological polar surface area (TPSA) is 87.5 Å². The van der Waals surface area contributed by atoms with E-state index in [0.717, 1.165) is 29.7 Å². The molecule has 0 saturated heterocycles. The highest BCUT2D eigenvalue weighted by molar-refractivity contribution is 5.98. The number of hydrogen-bond acceptors (Lipinski definition) is 3. The van der Waals surface area contributed by atoms with Crippen LogP contribution in [0.4, 0.5) is 20.6 Å². The lowest BCUT2D eigenvalue weighted by molar-refractivity contribution is -0.117. The molecule has 0 radical (unpaired) electrons. The van der Waals surface area contributed by atoms with Gasteiger partial charge in [0.1, 0.15) is 5.82 Å². The van der Waals surface area contributed by atoms with Crippen molar-refractivity contribution in [1.82, 2.24) is 10.6 Å². The van der Waals surface area contributed by atoms with Gasteiger partial charge in [-0.3, -0.25) is 4.79 Å². The molecule has 3 amide bonds. The summed E-state index contributed by atoms with van der Waals surface area (Å²) in [7, 11) is 0. The third kappa shape index (κ3) is 4.11. The summed E-state index contributed by atoms with van der Waals surface area (Å²) in [5, 5.41) is 5.20. The summed E-state index contributed by atoms with van der Waals surface area (Å²) in [4.78, 5) is 26.0. The Morgan fingerprint density at radius 3 is 2.65 bits per heavy atom. The molecule has 2 aromatic rings. The Morgan fingerprint density at radius 1 is 1.12 bits per heavy atom. The van der Waals surface area contributed by atoms with E-state index < -0.39 is 6.03 Å². The van der Waals surface area contributed by atoms with Crippen molar-refractivity contribution in [3.63, 3.8) is 0 Å². The summed E-state index contributed by atoms with van der Waals surface area (Å²) in [6, 6.07) is 10.9. The summed E-state index contributed by atoms with van der Waals surface area (Å²) in [5.74, 6) is -0.514. The number of urea groups is 1. The molecule has 0 bridgehead atoms. The van der Waals surface area contributed by atoms with Gasteiger partial charge in [0.2, 0.25) is 5.91 Å². The highest BCUT2D eigenvalue weighted by atomic mass is 19.1. The van der Waals surface area contributed by atoms with Crippen molar-refractivity contribution in [1.29, 1.82) is 0 Å². The van der Waals surface area contributed by atoms with Crippen LogP contribution in [-0.4, -0.2) is 25.0 Å². The molecule has 1 aliphatic rings. The van der Waals surface area contributed by atoms with Crippen molar-refractivity contribution in [2.45, 2.75) is 19.4 Å². The van der Waals surface area contributed by atoms with Crippen molar-refractivity contribution in [2.24, 2.45) is 0 Å². The van der Waals surface area contributed by atoms with Gasteiger partial charge in [0, 0.05) is 24.5 Å². The number of halogens is 1. The van der Waals surface area contributed by atoms with Crippen molar-refractivity contribution in [2.75, 3.05) is 23.7 Å². The number of carbonyl (C=O) groups excluding carboxylic acids is 2. The minimum absolute atomic E-state index is 0.108. The fraction of sp³-hybridized carbons (Fsp3) is 0.263. The number of nitrogen functional groups attached to an aromatic ring is 1. The fourth-order valence-corrected chi connectivity index (χ4v) is 3.01. The number of carbonyl (C=O) groups is 2. The number of fused-ring (bicyclic) bond motifs is 1. The van der Waals surface area contributed by atoms with Gasteiger partial charge in [-0.15, -0.1) is 0 Å². The van der Waals surface area contributed by atoms with Gasteiger partial charge in [-0.05, 0) is 48.2 Å².